The van der Waals surface area contributed by atoms with E-state index in [4.69, 9.17) is 9.47 Å². The fourth-order valence-corrected chi connectivity index (χ4v) is 2.73. The predicted molar refractivity (Wildman–Crippen MR) is 84.4 cm³/mol. The SMILES string of the molecule is O=C(NCC1CN(c2ccccc2)C(=O)O1)NC1CCOCC1. The molecule has 0 aliphatic carbocycles. The molecule has 23 heavy (non-hydrogen) atoms. The number of amides is 3. The summed E-state index contributed by atoms with van der Waals surface area (Å²) in [5, 5.41) is 5.68. The van der Waals surface area contributed by atoms with Gasteiger partial charge in [-0.15, -0.1) is 0 Å². The van der Waals surface area contributed by atoms with Crippen LogP contribution in [0, 0.1) is 0 Å². The van der Waals surface area contributed by atoms with Crippen LogP contribution in [-0.4, -0.2) is 50.6 Å². The Labute approximate surface area is 134 Å². The van der Waals surface area contributed by atoms with E-state index in [1.54, 1.807) is 4.90 Å². The molecule has 0 saturated carbocycles. The number of ether oxygens (including phenoxy) is 2. The molecule has 1 aromatic rings. The summed E-state index contributed by atoms with van der Waals surface area (Å²) in [6, 6.07) is 9.27. The van der Waals surface area contributed by atoms with Crippen LogP contribution in [0.15, 0.2) is 30.3 Å². The molecule has 1 aromatic carbocycles. The highest BCUT2D eigenvalue weighted by Gasteiger charge is 2.32. The number of nitrogens with one attached hydrogen (secondary N) is 2. The highest BCUT2D eigenvalue weighted by atomic mass is 16.6. The lowest BCUT2D eigenvalue weighted by Gasteiger charge is -2.23. The zero-order chi connectivity index (χ0) is 16.1. The van der Waals surface area contributed by atoms with Gasteiger partial charge in [0.2, 0.25) is 0 Å². The molecular weight excluding hydrogens is 298 g/mol. The third kappa shape index (κ3) is 4.13. The third-order valence-electron chi connectivity index (χ3n) is 3.99. The van der Waals surface area contributed by atoms with Gasteiger partial charge in [-0.2, -0.15) is 0 Å². The van der Waals surface area contributed by atoms with Gasteiger partial charge in [-0.1, -0.05) is 18.2 Å². The molecule has 1 atom stereocenters. The number of hydrogen-bond donors (Lipinski definition) is 2. The lowest BCUT2D eigenvalue weighted by Crippen LogP contribution is -2.46. The van der Waals surface area contributed by atoms with Crippen LogP contribution in [0.3, 0.4) is 0 Å². The Hall–Kier alpha value is -2.28. The average molecular weight is 319 g/mol. The molecule has 0 aromatic heterocycles. The van der Waals surface area contributed by atoms with Gasteiger partial charge in [0, 0.05) is 24.9 Å². The molecule has 2 N–H and O–H groups in total. The first-order chi connectivity index (χ1) is 11.2. The Morgan fingerprint density at radius 2 is 1.96 bits per heavy atom. The number of carbonyl (C=O) groups excluding carboxylic acids is 2. The second-order valence-electron chi connectivity index (χ2n) is 5.69. The zero-order valence-corrected chi connectivity index (χ0v) is 12.9. The van der Waals surface area contributed by atoms with Crippen molar-refractivity contribution in [3.8, 4) is 0 Å². The van der Waals surface area contributed by atoms with Gasteiger partial charge < -0.3 is 20.1 Å². The van der Waals surface area contributed by atoms with E-state index in [0.29, 0.717) is 26.3 Å². The number of para-hydroxylation sites is 1. The highest BCUT2D eigenvalue weighted by Crippen LogP contribution is 2.20. The summed E-state index contributed by atoms with van der Waals surface area (Å²) in [6.45, 7) is 2.08. The maximum atomic E-state index is 11.9. The number of urea groups is 1. The van der Waals surface area contributed by atoms with Crippen LogP contribution in [-0.2, 0) is 9.47 Å². The molecule has 7 nitrogen and oxygen atoms in total. The Morgan fingerprint density at radius 1 is 1.22 bits per heavy atom. The number of nitrogens with zero attached hydrogens (tertiary/aromatic N) is 1. The number of hydrogen-bond acceptors (Lipinski definition) is 4. The van der Waals surface area contributed by atoms with Gasteiger partial charge in [0.1, 0.15) is 6.10 Å². The normalized spacial score (nSPS) is 21.8. The van der Waals surface area contributed by atoms with Crippen molar-refractivity contribution in [2.75, 3.05) is 31.2 Å². The molecule has 1 unspecified atom stereocenters. The van der Waals surface area contributed by atoms with Gasteiger partial charge in [-0.3, -0.25) is 4.90 Å². The Morgan fingerprint density at radius 3 is 2.70 bits per heavy atom. The number of rotatable bonds is 4. The molecular formula is C16H21N3O4. The van der Waals surface area contributed by atoms with Crippen molar-refractivity contribution in [1.29, 1.82) is 0 Å². The highest BCUT2D eigenvalue weighted by molar-refractivity contribution is 5.89. The van der Waals surface area contributed by atoms with E-state index in [-0.39, 0.29) is 24.3 Å². The van der Waals surface area contributed by atoms with Crippen LogP contribution in [0.25, 0.3) is 0 Å². The van der Waals surface area contributed by atoms with E-state index in [1.165, 1.54) is 0 Å². The minimum atomic E-state index is -0.382. The van der Waals surface area contributed by atoms with Gasteiger partial charge in [0.15, 0.2) is 0 Å². The van der Waals surface area contributed by atoms with Crippen molar-refractivity contribution in [3.05, 3.63) is 30.3 Å². The summed E-state index contributed by atoms with van der Waals surface area (Å²) >= 11 is 0. The molecule has 0 spiro atoms. The molecule has 7 heteroatoms. The lowest BCUT2D eigenvalue weighted by atomic mass is 10.1. The first kappa shape index (κ1) is 15.6. The van der Waals surface area contributed by atoms with Gasteiger partial charge in [0.05, 0.1) is 13.1 Å². The summed E-state index contributed by atoms with van der Waals surface area (Å²) < 4.78 is 10.5. The van der Waals surface area contributed by atoms with Crippen LogP contribution < -0.4 is 15.5 Å². The van der Waals surface area contributed by atoms with E-state index in [1.807, 2.05) is 30.3 Å². The molecule has 2 aliphatic rings. The van der Waals surface area contributed by atoms with E-state index in [9.17, 15) is 9.59 Å². The number of anilines is 1. The lowest BCUT2D eigenvalue weighted by molar-refractivity contribution is 0.0798. The summed E-state index contributed by atoms with van der Waals surface area (Å²) in [4.78, 5) is 25.4. The Kier molecular flexibility index (Phi) is 4.97. The van der Waals surface area contributed by atoms with Gasteiger partial charge in [0.25, 0.3) is 0 Å². The summed E-state index contributed by atoms with van der Waals surface area (Å²) in [7, 11) is 0. The van der Waals surface area contributed by atoms with E-state index in [2.05, 4.69) is 10.6 Å². The van der Waals surface area contributed by atoms with Gasteiger partial charge in [-0.25, -0.2) is 9.59 Å². The zero-order valence-electron chi connectivity index (χ0n) is 12.9. The largest absolute Gasteiger partial charge is 0.442 e. The predicted octanol–water partition coefficient (Wildman–Crippen LogP) is 1.49. The molecule has 0 radical (unpaired) electrons. The first-order valence-corrected chi connectivity index (χ1v) is 7.87. The molecule has 2 aliphatic heterocycles. The fraction of sp³-hybridized carbons (Fsp3) is 0.500. The Bertz CT molecular complexity index is 546. The second kappa shape index (κ2) is 7.32. The van der Waals surface area contributed by atoms with Crippen molar-refractivity contribution in [1.82, 2.24) is 10.6 Å². The van der Waals surface area contributed by atoms with E-state index >= 15 is 0 Å². The van der Waals surface area contributed by atoms with Crippen LogP contribution >= 0.6 is 0 Å². The maximum Gasteiger partial charge on any atom is 0.414 e. The number of carbonyl (C=O) groups is 2. The number of benzene rings is 1. The molecule has 0 bridgehead atoms. The molecule has 124 valence electrons. The van der Waals surface area contributed by atoms with Crippen LogP contribution in [0.2, 0.25) is 0 Å². The molecule has 2 fully saturated rings. The fourth-order valence-electron chi connectivity index (χ4n) is 2.73. The van der Waals surface area contributed by atoms with Crippen molar-refractivity contribution >= 4 is 17.8 Å². The smallest absolute Gasteiger partial charge is 0.414 e. The summed E-state index contributed by atoms with van der Waals surface area (Å²) in [6.07, 6.45) is 0.928. The van der Waals surface area contributed by atoms with Crippen molar-refractivity contribution in [2.24, 2.45) is 0 Å². The van der Waals surface area contributed by atoms with Gasteiger partial charge >= 0.3 is 12.1 Å². The van der Waals surface area contributed by atoms with Crippen LogP contribution in [0.4, 0.5) is 15.3 Å². The van der Waals surface area contributed by atoms with Crippen molar-refractivity contribution in [2.45, 2.75) is 25.0 Å². The molecule has 2 heterocycles. The minimum Gasteiger partial charge on any atom is -0.442 e. The summed E-state index contributed by atoms with van der Waals surface area (Å²) in [5.74, 6) is 0. The molecule has 3 amide bonds. The maximum absolute atomic E-state index is 11.9. The Balaban J connectivity index is 1.44. The van der Waals surface area contributed by atoms with Gasteiger partial charge in [-0.05, 0) is 25.0 Å². The standard InChI is InChI=1S/C16H21N3O4/c20-15(18-12-6-8-22-9-7-12)17-10-14-11-19(16(21)23-14)13-4-2-1-3-5-13/h1-5,12,14H,6-11H2,(H2,17,18,20). The topological polar surface area (TPSA) is 79.9 Å². The average Bonchev–Trinajstić information content (AvgIpc) is 2.96. The van der Waals surface area contributed by atoms with E-state index in [0.717, 1.165) is 18.5 Å². The number of cyclic esters (lactones) is 1. The van der Waals surface area contributed by atoms with Crippen molar-refractivity contribution in [3.63, 3.8) is 0 Å². The van der Waals surface area contributed by atoms with E-state index < -0.39 is 0 Å². The quantitative estimate of drug-likeness (QED) is 0.881. The monoisotopic (exact) mass is 319 g/mol. The third-order valence-corrected chi connectivity index (χ3v) is 3.99. The second-order valence-corrected chi connectivity index (χ2v) is 5.69. The van der Waals surface area contributed by atoms with Crippen LogP contribution in [0.1, 0.15) is 12.8 Å². The summed E-state index contributed by atoms with van der Waals surface area (Å²) in [5.41, 5.74) is 0.798. The minimum absolute atomic E-state index is 0.149. The molecule has 3 rings (SSSR count). The van der Waals surface area contributed by atoms with Crippen molar-refractivity contribution < 1.29 is 19.1 Å². The first-order valence-electron chi connectivity index (χ1n) is 7.87. The van der Waals surface area contributed by atoms with Crippen LogP contribution in [0.5, 0.6) is 0 Å². The molecule has 2 saturated heterocycles.